The van der Waals surface area contributed by atoms with Crippen LogP contribution in [0.25, 0.3) is 10.8 Å². The van der Waals surface area contributed by atoms with Crippen molar-refractivity contribution >= 4 is 28.2 Å². The molecule has 2 aromatic carbocycles. The van der Waals surface area contributed by atoms with E-state index in [0.29, 0.717) is 44.8 Å². The number of piperazine rings is 1. The fourth-order valence-corrected chi connectivity index (χ4v) is 6.79. The number of carbonyl (C=O) groups excluding carboxylic acids is 1. The topological polar surface area (TPSA) is 88.8 Å². The van der Waals surface area contributed by atoms with E-state index in [2.05, 4.69) is 77.7 Å². The molecule has 9 heteroatoms. The molecule has 3 aromatic rings. The van der Waals surface area contributed by atoms with Crippen molar-refractivity contribution in [2.24, 2.45) is 0 Å². The summed E-state index contributed by atoms with van der Waals surface area (Å²) in [5.74, 6) is 0.738. The summed E-state index contributed by atoms with van der Waals surface area (Å²) in [5, 5.41) is 12.0. The summed E-state index contributed by atoms with van der Waals surface area (Å²) >= 11 is 0. The lowest BCUT2D eigenvalue weighted by atomic mass is 9.99. The highest BCUT2D eigenvalue weighted by Crippen LogP contribution is 2.36. The first kappa shape index (κ1) is 28.0. The van der Waals surface area contributed by atoms with Gasteiger partial charge in [0.25, 0.3) is 0 Å². The van der Waals surface area contributed by atoms with Crippen LogP contribution in [0.4, 0.5) is 11.5 Å². The summed E-state index contributed by atoms with van der Waals surface area (Å²) in [4.78, 5) is 31.3. The molecule has 0 spiro atoms. The molecular weight excluding hydrogens is 526 g/mol. The standard InChI is InChI=1S/C33H39N7O2/c1-4-30(41)40-19-18-39(20-25(40)13-15-34)32-27-14-17-38(29-12-6-10-24-9-5-8-23(2)31(24)29)21-28(27)35-33(36-32)42-22-26-11-7-16-37(26)3/h4-6,8-10,12,25-26H,1,7,11,13-14,16-22H2,2-3H3/t25-,26+/m1/s1. The van der Waals surface area contributed by atoms with Crippen molar-refractivity contribution in [3.63, 3.8) is 0 Å². The Labute approximate surface area is 248 Å². The molecule has 0 bridgehead atoms. The lowest BCUT2D eigenvalue weighted by Gasteiger charge is -2.42. The molecule has 1 amide bonds. The van der Waals surface area contributed by atoms with Crippen LogP contribution >= 0.6 is 0 Å². The van der Waals surface area contributed by atoms with E-state index in [0.717, 1.165) is 43.0 Å². The maximum Gasteiger partial charge on any atom is 0.318 e. The third-order valence-electron chi connectivity index (χ3n) is 9.10. The van der Waals surface area contributed by atoms with Crippen molar-refractivity contribution < 1.29 is 9.53 Å². The van der Waals surface area contributed by atoms with Gasteiger partial charge in [-0.3, -0.25) is 4.79 Å². The summed E-state index contributed by atoms with van der Waals surface area (Å²) in [6.45, 7) is 10.7. The molecule has 0 saturated carbocycles. The number of hydrogen-bond donors (Lipinski definition) is 0. The first-order chi connectivity index (χ1) is 20.5. The van der Waals surface area contributed by atoms with E-state index in [1.165, 1.54) is 34.5 Å². The van der Waals surface area contributed by atoms with Crippen LogP contribution in [-0.2, 0) is 17.8 Å². The van der Waals surface area contributed by atoms with Gasteiger partial charge in [-0.2, -0.15) is 15.2 Å². The number of nitriles is 1. The van der Waals surface area contributed by atoms with Crippen LogP contribution in [0.15, 0.2) is 49.1 Å². The van der Waals surface area contributed by atoms with E-state index < -0.39 is 0 Å². The second kappa shape index (κ2) is 12.0. The minimum atomic E-state index is -0.227. The lowest BCUT2D eigenvalue weighted by molar-refractivity contribution is -0.128. The van der Waals surface area contributed by atoms with Gasteiger partial charge in [-0.1, -0.05) is 36.9 Å². The molecule has 2 atom stereocenters. The third-order valence-corrected chi connectivity index (χ3v) is 9.10. The van der Waals surface area contributed by atoms with E-state index in [9.17, 15) is 10.1 Å². The molecule has 218 valence electrons. The summed E-state index contributed by atoms with van der Waals surface area (Å²) in [7, 11) is 2.14. The van der Waals surface area contributed by atoms with Gasteiger partial charge in [-0.05, 0) is 62.9 Å². The minimum absolute atomic E-state index is 0.134. The van der Waals surface area contributed by atoms with Gasteiger partial charge in [-0.25, -0.2) is 0 Å². The number of anilines is 2. The van der Waals surface area contributed by atoms with Gasteiger partial charge in [-0.15, -0.1) is 0 Å². The summed E-state index contributed by atoms with van der Waals surface area (Å²) in [6, 6.07) is 15.8. The van der Waals surface area contributed by atoms with Crippen LogP contribution in [0.2, 0.25) is 0 Å². The first-order valence-electron chi connectivity index (χ1n) is 15.0. The first-order valence-corrected chi connectivity index (χ1v) is 15.0. The van der Waals surface area contributed by atoms with Crippen LogP contribution in [-0.4, -0.2) is 84.1 Å². The molecule has 6 rings (SSSR count). The quantitative estimate of drug-likeness (QED) is 0.396. The van der Waals surface area contributed by atoms with Crippen molar-refractivity contribution in [3.05, 3.63) is 65.9 Å². The van der Waals surface area contributed by atoms with Gasteiger partial charge in [0, 0.05) is 48.9 Å². The normalized spacial score (nSPS) is 20.8. The van der Waals surface area contributed by atoms with Crippen LogP contribution in [0.1, 0.15) is 36.1 Å². The Morgan fingerprint density at radius 1 is 1.12 bits per heavy atom. The number of nitrogens with zero attached hydrogens (tertiary/aromatic N) is 7. The van der Waals surface area contributed by atoms with Crippen LogP contribution in [0, 0.1) is 18.3 Å². The highest BCUT2D eigenvalue weighted by Gasteiger charge is 2.33. The Bertz CT molecular complexity index is 1530. The summed E-state index contributed by atoms with van der Waals surface area (Å²) in [5.41, 5.74) is 4.59. The van der Waals surface area contributed by atoms with E-state index in [1.54, 1.807) is 4.90 Å². The molecule has 1 aromatic heterocycles. The predicted octanol–water partition coefficient (Wildman–Crippen LogP) is 4.09. The summed E-state index contributed by atoms with van der Waals surface area (Å²) in [6.07, 6.45) is 4.68. The smallest absolute Gasteiger partial charge is 0.318 e. The van der Waals surface area contributed by atoms with E-state index in [1.807, 2.05) is 0 Å². The molecule has 4 heterocycles. The van der Waals surface area contributed by atoms with Crippen molar-refractivity contribution in [3.8, 4) is 12.1 Å². The molecule has 3 aliphatic heterocycles. The molecule has 9 nitrogen and oxygen atoms in total. The molecule has 0 unspecified atom stereocenters. The number of aryl methyl sites for hydroxylation is 1. The molecule has 2 fully saturated rings. The molecule has 0 radical (unpaired) electrons. The van der Waals surface area contributed by atoms with Crippen LogP contribution in [0.3, 0.4) is 0 Å². The van der Waals surface area contributed by atoms with Crippen molar-refractivity contribution in [1.82, 2.24) is 19.8 Å². The Hall–Kier alpha value is -4.16. The van der Waals surface area contributed by atoms with E-state index >= 15 is 0 Å². The van der Waals surface area contributed by atoms with Crippen LogP contribution < -0.4 is 14.5 Å². The highest BCUT2D eigenvalue weighted by atomic mass is 16.5. The van der Waals surface area contributed by atoms with Gasteiger partial charge in [0.05, 0.1) is 30.8 Å². The Morgan fingerprint density at radius 2 is 1.95 bits per heavy atom. The number of likely N-dealkylation sites (N-methyl/N-ethyl adjacent to an activating group) is 1. The molecule has 3 aliphatic rings. The number of aromatic nitrogens is 2. The molecule has 0 aliphatic carbocycles. The Morgan fingerprint density at radius 3 is 2.71 bits per heavy atom. The minimum Gasteiger partial charge on any atom is -0.462 e. The van der Waals surface area contributed by atoms with Crippen molar-refractivity contribution in [2.75, 3.05) is 56.2 Å². The SMILES string of the molecule is C=CC(=O)N1CCN(c2nc(OC[C@@H]3CCCN3C)nc3c2CCN(c2cccc4cccc(C)c24)C3)C[C@H]1CC#N. The van der Waals surface area contributed by atoms with Crippen molar-refractivity contribution in [2.45, 2.75) is 51.2 Å². The second-order valence-electron chi connectivity index (χ2n) is 11.7. The Kier molecular flexibility index (Phi) is 7.98. The highest BCUT2D eigenvalue weighted by molar-refractivity contribution is 5.97. The van der Waals surface area contributed by atoms with Gasteiger partial charge >= 0.3 is 6.01 Å². The number of ether oxygens (including phenoxy) is 1. The number of carbonyl (C=O) groups is 1. The summed E-state index contributed by atoms with van der Waals surface area (Å²) < 4.78 is 6.30. The molecular formula is C33H39N7O2. The zero-order chi connectivity index (χ0) is 29.2. The number of rotatable bonds is 7. The fraction of sp³-hybridized carbons (Fsp3) is 0.455. The number of amides is 1. The number of likely N-dealkylation sites (tertiary alicyclic amines) is 1. The van der Waals surface area contributed by atoms with Gasteiger partial charge in [0.1, 0.15) is 12.4 Å². The van der Waals surface area contributed by atoms with Gasteiger partial charge in [0.15, 0.2) is 0 Å². The molecule has 2 saturated heterocycles. The maximum atomic E-state index is 12.5. The molecule has 42 heavy (non-hydrogen) atoms. The number of benzene rings is 2. The van der Waals surface area contributed by atoms with E-state index in [-0.39, 0.29) is 18.4 Å². The van der Waals surface area contributed by atoms with Crippen LogP contribution in [0.5, 0.6) is 6.01 Å². The molecule has 0 N–H and O–H groups in total. The predicted molar refractivity (Wildman–Crippen MR) is 165 cm³/mol. The monoisotopic (exact) mass is 565 g/mol. The largest absolute Gasteiger partial charge is 0.462 e. The van der Waals surface area contributed by atoms with Gasteiger partial charge < -0.3 is 24.3 Å². The second-order valence-corrected chi connectivity index (χ2v) is 11.7. The zero-order valence-corrected chi connectivity index (χ0v) is 24.6. The average Bonchev–Trinajstić information content (AvgIpc) is 3.43. The average molecular weight is 566 g/mol. The number of fused-ring (bicyclic) bond motifs is 2. The lowest BCUT2D eigenvalue weighted by Crippen LogP contribution is -2.55. The Balaban J connectivity index is 1.34. The van der Waals surface area contributed by atoms with E-state index in [4.69, 9.17) is 14.7 Å². The van der Waals surface area contributed by atoms with Gasteiger partial charge in [0.2, 0.25) is 5.91 Å². The zero-order valence-electron chi connectivity index (χ0n) is 24.6. The number of hydrogen-bond acceptors (Lipinski definition) is 8. The third kappa shape index (κ3) is 5.39. The fourth-order valence-electron chi connectivity index (χ4n) is 6.79. The maximum absolute atomic E-state index is 12.5. The van der Waals surface area contributed by atoms with Crippen molar-refractivity contribution in [1.29, 1.82) is 5.26 Å².